The van der Waals surface area contributed by atoms with E-state index >= 15 is 0 Å². The lowest BCUT2D eigenvalue weighted by Gasteiger charge is -2.49. The Morgan fingerprint density at radius 2 is 1.75 bits per heavy atom. The van der Waals surface area contributed by atoms with Gasteiger partial charge in [0.05, 0.1) is 0 Å². The lowest BCUT2D eigenvalue weighted by Crippen LogP contribution is -2.64. The van der Waals surface area contributed by atoms with E-state index in [2.05, 4.69) is 31.0 Å². The molecule has 0 aromatic carbocycles. The summed E-state index contributed by atoms with van der Waals surface area (Å²) in [6.45, 7) is 10.8. The van der Waals surface area contributed by atoms with Crippen molar-refractivity contribution in [1.82, 2.24) is 10.2 Å². The zero-order chi connectivity index (χ0) is 11.6. The van der Waals surface area contributed by atoms with E-state index in [1.807, 2.05) is 0 Å². The summed E-state index contributed by atoms with van der Waals surface area (Å²) in [5, 5.41) is 3.76. The highest BCUT2D eigenvalue weighted by Crippen LogP contribution is 2.37. The fourth-order valence-electron chi connectivity index (χ4n) is 3.59. The van der Waals surface area contributed by atoms with Crippen LogP contribution < -0.4 is 5.32 Å². The van der Waals surface area contributed by atoms with Crippen molar-refractivity contribution in [2.75, 3.05) is 19.6 Å². The molecular formula is C14H28N2. The van der Waals surface area contributed by atoms with Crippen LogP contribution in [-0.2, 0) is 0 Å². The van der Waals surface area contributed by atoms with Gasteiger partial charge < -0.3 is 5.32 Å². The molecule has 1 heterocycles. The van der Waals surface area contributed by atoms with E-state index in [0.29, 0.717) is 11.1 Å². The second-order valence-electron chi connectivity index (χ2n) is 6.04. The Hall–Kier alpha value is -0.0800. The lowest BCUT2D eigenvalue weighted by atomic mass is 9.86. The first kappa shape index (κ1) is 12.4. The maximum Gasteiger partial charge on any atom is 0.0304 e. The lowest BCUT2D eigenvalue weighted by molar-refractivity contribution is 0.0350. The number of hydrogen-bond acceptors (Lipinski definition) is 2. The third-order valence-corrected chi connectivity index (χ3v) is 5.17. The molecule has 0 aromatic heterocycles. The van der Waals surface area contributed by atoms with Crippen LogP contribution in [0.5, 0.6) is 0 Å². The Morgan fingerprint density at radius 3 is 2.31 bits per heavy atom. The molecule has 0 spiro atoms. The molecular weight excluding hydrogens is 196 g/mol. The van der Waals surface area contributed by atoms with Crippen LogP contribution in [0.25, 0.3) is 0 Å². The molecule has 1 aliphatic carbocycles. The molecule has 1 saturated carbocycles. The number of hydrogen-bond donors (Lipinski definition) is 1. The Labute approximate surface area is 101 Å². The first-order valence-corrected chi connectivity index (χ1v) is 7.14. The normalized spacial score (nSPS) is 29.4. The van der Waals surface area contributed by atoms with Gasteiger partial charge in [0.15, 0.2) is 0 Å². The molecule has 1 N–H and O–H groups in total. The summed E-state index contributed by atoms with van der Waals surface area (Å²) in [4.78, 5) is 2.78. The van der Waals surface area contributed by atoms with Crippen molar-refractivity contribution in [1.29, 1.82) is 0 Å². The molecule has 0 amide bonds. The monoisotopic (exact) mass is 224 g/mol. The van der Waals surface area contributed by atoms with Gasteiger partial charge in [-0.25, -0.2) is 0 Å². The maximum absolute atomic E-state index is 3.76. The molecule has 2 fully saturated rings. The molecule has 16 heavy (non-hydrogen) atoms. The quantitative estimate of drug-likeness (QED) is 0.793. The van der Waals surface area contributed by atoms with Crippen molar-refractivity contribution >= 4 is 0 Å². The summed E-state index contributed by atoms with van der Waals surface area (Å²) in [6, 6.07) is 0. The summed E-state index contributed by atoms with van der Waals surface area (Å²) in [6.07, 6.45) is 8.22. The fraction of sp³-hybridized carbons (Fsp3) is 1.00. The van der Waals surface area contributed by atoms with Gasteiger partial charge in [0.25, 0.3) is 0 Å². The minimum Gasteiger partial charge on any atom is -0.309 e. The Balaban J connectivity index is 2.06. The van der Waals surface area contributed by atoms with Gasteiger partial charge in [-0.2, -0.15) is 0 Å². The predicted molar refractivity (Wildman–Crippen MR) is 69.8 cm³/mol. The zero-order valence-electron chi connectivity index (χ0n) is 11.3. The van der Waals surface area contributed by atoms with Gasteiger partial charge in [-0.1, -0.05) is 26.7 Å². The summed E-state index contributed by atoms with van der Waals surface area (Å²) in [5.74, 6) is 0. The highest BCUT2D eigenvalue weighted by molar-refractivity contribution is 5.00. The van der Waals surface area contributed by atoms with Crippen LogP contribution in [0.1, 0.15) is 59.3 Å². The minimum absolute atomic E-state index is 0.393. The molecule has 1 aliphatic heterocycles. The third kappa shape index (κ3) is 2.14. The largest absolute Gasteiger partial charge is 0.309 e. The Kier molecular flexibility index (Phi) is 3.60. The second-order valence-corrected chi connectivity index (χ2v) is 6.04. The molecule has 2 heteroatoms. The first-order valence-electron chi connectivity index (χ1n) is 7.14. The van der Waals surface area contributed by atoms with Crippen molar-refractivity contribution in [3.63, 3.8) is 0 Å². The van der Waals surface area contributed by atoms with E-state index in [1.54, 1.807) is 0 Å². The average molecular weight is 224 g/mol. The molecule has 0 unspecified atom stereocenters. The van der Waals surface area contributed by atoms with Crippen molar-refractivity contribution < 1.29 is 0 Å². The van der Waals surface area contributed by atoms with E-state index in [4.69, 9.17) is 0 Å². The highest BCUT2D eigenvalue weighted by atomic mass is 15.3. The van der Waals surface area contributed by atoms with Crippen LogP contribution in [0.3, 0.4) is 0 Å². The SMILES string of the molecule is CCC1(CC)CN(C2(C)CCCC2)CCN1. The maximum atomic E-state index is 3.76. The Bertz CT molecular complexity index is 227. The van der Waals surface area contributed by atoms with Crippen LogP contribution in [0.15, 0.2) is 0 Å². The third-order valence-electron chi connectivity index (χ3n) is 5.17. The summed E-state index contributed by atoms with van der Waals surface area (Å²) in [7, 11) is 0. The molecule has 0 aromatic rings. The first-order chi connectivity index (χ1) is 7.64. The van der Waals surface area contributed by atoms with Gasteiger partial charge in [-0.05, 0) is 32.6 Å². The molecule has 0 atom stereocenters. The number of rotatable bonds is 3. The molecule has 94 valence electrons. The molecule has 2 nitrogen and oxygen atoms in total. The number of nitrogens with zero attached hydrogens (tertiary/aromatic N) is 1. The fourth-order valence-corrected chi connectivity index (χ4v) is 3.59. The van der Waals surface area contributed by atoms with E-state index in [0.717, 1.165) is 0 Å². The topological polar surface area (TPSA) is 15.3 Å². The van der Waals surface area contributed by atoms with Gasteiger partial charge in [0.1, 0.15) is 0 Å². The van der Waals surface area contributed by atoms with E-state index < -0.39 is 0 Å². The van der Waals surface area contributed by atoms with Crippen LogP contribution in [-0.4, -0.2) is 35.6 Å². The molecule has 0 bridgehead atoms. The van der Waals surface area contributed by atoms with Gasteiger partial charge in [0, 0.05) is 30.7 Å². The van der Waals surface area contributed by atoms with Crippen LogP contribution in [0.4, 0.5) is 0 Å². The number of piperazine rings is 1. The van der Waals surface area contributed by atoms with E-state index in [1.165, 1.54) is 58.2 Å². The number of nitrogens with one attached hydrogen (secondary N) is 1. The van der Waals surface area contributed by atoms with Crippen LogP contribution in [0, 0.1) is 0 Å². The summed E-state index contributed by atoms with van der Waals surface area (Å²) >= 11 is 0. The van der Waals surface area contributed by atoms with Gasteiger partial charge in [-0.3, -0.25) is 4.90 Å². The summed E-state index contributed by atoms with van der Waals surface area (Å²) in [5.41, 5.74) is 0.904. The second kappa shape index (κ2) is 4.66. The molecule has 2 rings (SSSR count). The summed E-state index contributed by atoms with van der Waals surface area (Å²) < 4.78 is 0. The van der Waals surface area contributed by atoms with Gasteiger partial charge in [-0.15, -0.1) is 0 Å². The van der Waals surface area contributed by atoms with Crippen LogP contribution >= 0.6 is 0 Å². The van der Waals surface area contributed by atoms with Crippen molar-refractivity contribution in [2.45, 2.75) is 70.4 Å². The zero-order valence-corrected chi connectivity index (χ0v) is 11.3. The molecule has 2 aliphatic rings. The van der Waals surface area contributed by atoms with E-state index in [-0.39, 0.29) is 0 Å². The molecule has 0 radical (unpaired) electrons. The molecule has 1 saturated heterocycles. The van der Waals surface area contributed by atoms with Gasteiger partial charge in [0.2, 0.25) is 0 Å². The smallest absolute Gasteiger partial charge is 0.0304 e. The van der Waals surface area contributed by atoms with E-state index in [9.17, 15) is 0 Å². The van der Waals surface area contributed by atoms with Crippen molar-refractivity contribution in [2.24, 2.45) is 0 Å². The van der Waals surface area contributed by atoms with Gasteiger partial charge >= 0.3 is 0 Å². The standard InChI is InChI=1S/C14H28N2/c1-4-14(5-2)12-16(11-10-15-14)13(3)8-6-7-9-13/h15H,4-12H2,1-3H3. The predicted octanol–water partition coefficient (Wildman–Crippen LogP) is 2.78. The van der Waals surface area contributed by atoms with Crippen molar-refractivity contribution in [3.05, 3.63) is 0 Å². The minimum atomic E-state index is 0.393. The Morgan fingerprint density at radius 1 is 1.12 bits per heavy atom. The average Bonchev–Trinajstić information content (AvgIpc) is 2.77. The van der Waals surface area contributed by atoms with Crippen molar-refractivity contribution in [3.8, 4) is 0 Å². The van der Waals surface area contributed by atoms with Crippen LogP contribution in [0.2, 0.25) is 0 Å². The highest BCUT2D eigenvalue weighted by Gasteiger charge is 2.41.